The second-order valence-corrected chi connectivity index (χ2v) is 5.07. The fraction of sp³-hybridized carbons (Fsp3) is 0.222. The molecule has 0 aromatic heterocycles. The first-order chi connectivity index (χ1) is 7.86. The van der Waals surface area contributed by atoms with Gasteiger partial charge < -0.3 is 15.8 Å². The number of para-hydroxylation sites is 1. The molecular weight excluding hydrogens is 262 g/mol. The van der Waals surface area contributed by atoms with Crippen LogP contribution in [-0.4, -0.2) is 20.1 Å². The van der Waals surface area contributed by atoms with Crippen LogP contribution in [0, 0.1) is 0 Å². The number of hydrogen-bond acceptors (Lipinski definition) is 4. The van der Waals surface area contributed by atoms with E-state index in [2.05, 4.69) is 17.5 Å². The van der Waals surface area contributed by atoms with Crippen molar-refractivity contribution < 1.29 is 13.2 Å². The van der Waals surface area contributed by atoms with E-state index in [1.165, 1.54) is 12.1 Å². The smallest absolute Gasteiger partial charge is 0.241 e. The van der Waals surface area contributed by atoms with Crippen LogP contribution >= 0.6 is 12.2 Å². The highest BCUT2D eigenvalue weighted by molar-refractivity contribution is 7.89. The summed E-state index contributed by atoms with van der Waals surface area (Å²) in [6.45, 7) is 2.02. The van der Waals surface area contributed by atoms with Crippen molar-refractivity contribution in [2.24, 2.45) is 10.9 Å². The molecule has 0 aliphatic carbocycles. The molecule has 0 saturated carbocycles. The van der Waals surface area contributed by atoms with Crippen molar-refractivity contribution in [2.45, 2.75) is 11.8 Å². The van der Waals surface area contributed by atoms with E-state index >= 15 is 0 Å². The summed E-state index contributed by atoms with van der Waals surface area (Å²) in [5, 5.41) is 7.73. The number of ether oxygens (including phenoxy) is 1. The number of rotatable bonds is 4. The summed E-state index contributed by atoms with van der Waals surface area (Å²) in [4.78, 5) is -0.111. The minimum absolute atomic E-state index is 0.0116. The highest BCUT2D eigenvalue weighted by Crippen LogP contribution is 2.31. The second kappa shape index (κ2) is 5.30. The molecule has 0 amide bonds. The summed E-state index contributed by atoms with van der Waals surface area (Å²) in [5.41, 5.74) is 5.70. The van der Waals surface area contributed by atoms with Gasteiger partial charge in [0.15, 0.2) is 10.9 Å². The molecule has 94 valence electrons. The number of thiocarbonyl (C=S) groups is 1. The third-order valence-electron chi connectivity index (χ3n) is 1.83. The lowest BCUT2D eigenvalue weighted by Crippen LogP contribution is -2.21. The zero-order valence-corrected chi connectivity index (χ0v) is 10.8. The molecule has 0 bridgehead atoms. The molecule has 1 rings (SSSR count). The van der Waals surface area contributed by atoms with E-state index in [9.17, 15) is 8.42 Å². The van der Waals surface area contributed by atoms with Gasteiger partial charge in [-0.15, -0.1) is 0 Å². The van der Waals surface area contributed by atoms with E-state index < -0.39 is 10.0 Å². The molecule has 1 aromatic carbocycles. The predicted octanol–water partition coefficient (Wildman–Crippen LogP) is 0.388. The monoisotopic (exact) mass is 275 g/mol. The maximum absolute atomic E-state index is 11.4. The Hall–Kier alpha value is -1.38. The van der Waals surface area contributed by atoms with Crippen LogP contribution in [0.4, 0.5) is 5.69 Å². The molecule has 0 aliphatic heterocycles. The Morgan fingerprint density at radius 1 is 1.53 bits per heavy atom. The number of hydrogen-bond donors (Lipinski definition) is 3. The molecule has 0 heterocycles. The highest BCUT2D eigenvalue weighted by Gasteiger charge is 2.18. The number of primary sulfonamides is 1. The number of nitrogens with one attached hydrogen (secondary N) is 1. The number of anilines is 1. The van der Waals surface area contributed by atoms with Crippen LogP contribution in [0.2, 0.25) is 0 Å². The minimum atomic E-state index is -3.86. The molecule has 0 fully saturated rings. The molecule has 0 unspecified atom stereocenters. The standard InChI is InChI=1S/C9H13N3O3S2/c1-2-15-8-6(12-9(10)16)4-3-5-7(8)17(11,13)14/h3-5H,2H2,1H3,(H3,10,12,16)(H2,11,13,14). The third-order valence-corrected chi connectivity index (χ3v) is 2.87. The molecule has 0 saturated heterocycles. The fourth-order valence-electron chi connectivity index (χ4n) is 1.26. The van der Waals surface area contributed by atoms with Gasteiger partial charge in [-0.2, -0.15) is 0 Å². The Bertz CT molecular complexity index is 528. The van der Waals surface area contributed by atoms with Crippen molar-refractivity contribution >= 4 is 33.0 Å². The van der Waals surface area contributed by atoms with Gasteiger partial charge in [0.2, 0.25) is 10.0 Å². The van der Waals surface area contributed by atoms with Crippen LogP contribution in [0.1, 0.15) is 6.92 Å². The van der Waals surface area contributed by atoms with Crippen molar-refractivity contribution in [3.8, 4) is 5.75 Å². The predicted molar refractivity (Wildman–Crippen MR) is 69.4 cm³/mol. The van der Waals surface area contributed by atoms with E-state index in [0.717, 1.165) is 0 Å². The summed E-state index contributed by atoms with van der Waals surface area (Å²) >= 11 is 4.69. The summed E-state index contributed by atoms with van der Waals surface area (Å²) in [5.74, 6) is 0.116. The largest absolute Gasteiger partial charge is 0.490 e. The number of benzene rings is 1. The SMILES string of the molecule is CCOc1c(NC(N)=S)cccc1S(N)(=O)=O. The molecule has 5 N–H and O–H groups in total. The molecule has 1 aromatic rings. The summed E-state index contributed by atoms with van der Waals surface area (Å²) in [7, 11) is -3.86. The second-order valence-electron chi connectivity index (χ2n) is 3.10. The Morgan fingerprint density at radius 2 is 2.18 bits per heavy atom. The van der Waals surface area contributed by atoms with Gasteiger partial charge in [-0.05, 0) is 31.3 Å². The summed E-state index contributed by atoms with van der Waals surface area (Å²) in [6, 6.07) is 4.47. The van der Waals surface area contributed by atoms with Gasteiger partial charge in [0.1, 0.15) is 4.90 Å². The van der Waals surface area contributed by atoms with Crippen LogP contribution in [0.5, 0.6) is 5.75 Å². The summed E-state index contributed by atoms with van der Waals surface area (Å²) in [6.07, 6.45) is 0. The molecule has 17 heavy (non-hydrogen) atoms. The average Bonchev–Trinajstić information content (AvgIpc) is 2.18. The Morgan fingerprint density at radius 3 is 2.65 bits per heavy atom. The van der Waals surface area contributed by atoms with Crippen molar-refractivity contribution in [3.05, 3.63) is 18.2 Å². The van der Waals surface area contributed by atoms with E-state index in [-0.39, 0.29) is 15.8 Å². The Kier molecular flexibility index (Phi) is 4.27. The van der Waals surface area contributed by atoms with E-state index in [0.29, 0.717) is 12.3 Å². The van der Waals surface area contributed by atoms with E-state index in [4.69, 9.17) is 15.6 Å². The molecule has 8 heteroatoms. The first kappa shape index (κ1) is 13.7. The third kappa shape index (κ3) is 3.55. The average molecular weight is 275 g/mol. The van der Waals surface area contributed by atoms with E-state index in [1.54, 1.807) is 13.0 Å². The molecule has 0 spiro atoms. The molecule has 0 atom stereocenters. The van der Waals surface area contributed by atoms with Gasteiger partial charge in [-0.1, -0.05) is 6.07 Å². The lowest BCUT2D eigenvalue weighted by molar-refractivity contribution is 0.333. The summed E-state index contributed by atoms with van der Waals surface area (Å²) < 4.78 is 28.0. The van der Waals surface area contributed by atoms with Gasteiger partial charge in [0.25, 0.3) is 0 Å². The van der Waals surface area contributed by atoms with Crippen LogP contribution in [0.3, 0.4) is 0 Å². The quantitative estimate of drug-likeness (QED) is 0.686. The fourth-order valence-corrected chi connectivity index (χ4v) is 2.07. The maximum Gasteiger partial charge on any atom is 0.241 e. The van der Waals surface area contributed by atoms with Crippen molar-refractivity contribution in [1.29, 1.82) is 0 Å². The van der Waals surface area contributed by atoms with Gasteiger partial charge in [0.05, 0.1) is 12.3 Å². The molecule has 6 nitrogen and oxygen atoms in total. The van der Waals surface area contributed by atoms with Crippen molar-refractivity contribution in [1.82, 2.24) is 0 Å². The number of sulfonamides is 1. The Balaban J connectivity index is 3.36. The van der Waals surface area contributed by atoms with Crippen LogP contribution in [0.15, 0.2) is 23.1 Å². The minimum Gasteiger partial charge on any atom is -0.490 e. The molecular formula is C9H13N3O3S2. The van der Waals surface area contributed by atoms with Crippen LogP contribution in [0.25, 0.3) is 0 Å². The highest BCUT2D eigenvalue weighted by atomic mass is 32.2. The zero-order chi connectivity index (χ0) is 13.1. The lowest BCUT2D eigenvalue weighted by Gasteiger charge is -2.14. The molecule has 0 radical (unpaired) electrons. The Labute approximate surface area is 105 Å². The van der Waals surface area contributed by atoms with Gasteiger partial charge in [-0.3, -0.25) is 0 Å². The topological polar surface area (TPSA) is 107 Å². The first-order valence-electron chi connectivity index (χ1n) is 4.71. The van der Waals surface area contributed by atoms with Gasteiger partial charge >= 0.3 is 0 Å². The zero-order valence-electron chi connectivity index (χ0n) is 9.14. The normalized spacial score (nSPS) is 10.9. The molecule has 0 aliphatic rings. The first-order valence-corrected chi connectivity index (χ1v) is 6.66. The maximum atomic E-state index is 11.4. The van der Waals surface area contributed by atoms with Crippen LogP contribution in [-0.2, 0) is 10.0 Å². The number of nitrogens with two attached hydrogens (primary N) is 2. The van der Waals surface area contributed by atoms with Crippen molar-refractivity contribution in [3.63, 3.8) is 0 Å². The van der Waals surface area contributed by atoms with Crippen LogP contribution < -0.4 is 20.9 Å². The van der Waals surface area contributed by atoms with Gasteiger partial charge in [0, 0.05) is 0 Å². The van der Waals surface area contributed by atoms with Crippen molar-refractivity contribution in [2.75, 3.05) is 11.9 Å². The lowest BCUT2D eigenvalue weighted by atomic mass is 10.3. The van der Waals surface area contributed by atoms with Gasteiger partial charge in [-0.25, -0.2) is 13.6 Å². The van der Waals surface area contributed by atoms with E-state index in [1.807, 2.05) is 0 Å².